The first-order valence-electron chi connectivity index (χ1n) is 12.8. The van der Waals surface area contributed by atoms with Crippen molar-refractivity contribution in [3.8, 4) is 0 Å². The van der Waals surface area contributed by atoms with Crippen LogP contribution in [0.4, 0.5) is 11.4 Å². The molecule has 0 bridgehead atoms. The summed E-state index contributed by atoms with van der Waals surface area (Å²) in [5.41, 5.74) is 2.91. The van der Waals surface area contributed by atoms with Gasteiger partial charge in [0.15, 0.2) is 0 Å². The summed E-state index contributed by atoms with van der Waals surface area (Å²) in [6, 6.07) is 17.6. The largest absolute Gasteiger partial charge is 0.480 e. The van der Waals surface area contributed by atoms with Gasteiger partial charge in [0.05, 0.1) is 0 Å². The number of hydrogen-bond acceptors (Lipinski definition) is 3. The molecule has 0 heterocycles. The second-order valence-corrected chi connectivity index (χ2v) is 10.3. The maximum absolute atomic E-state index is 12.5. The Hall–Kier alpha value is -2.49. The number of carboxylic acids is 1. The Kier molecular flexibility index (Phi) is 7.31. The third kappa shape index (κ3) is 4.90. The van der Waals surface area contributed by atoms with Crippen molar-refractivity contribution in [2.45, 2.75) is 88.6 Å². The van der Waals surface area contributed by atoms with Crippen molar-refractivity contribution in [3.05, 3.63) is 59.7 Å². The minimum absolute atomic E-state index is 0.587. The Bertz CT molecular complexity index is 842. The molecule has 4 rings (SSSR count). The van der Waals surface area contributed by atoms with E-state index in [9.17, 15) is 9.90 Å². The van der Waals surface area contributed by atoms with E-state index < -0.39 is 11.4 Å². The van der Waals surface area contributed by atoms with Crippen LogP contribution in [0.2, 0.25) is 0 Å². The molecule has 2 aromatic carbocycles. The summed E-state index contributed by atoms with van der Waals surface area (Å²) >= 11 is 0. The molecule has 1 N–H and O–H groups in total. The van der Waals surface area contributed by atoms with Gasteiger partial charge in [0.1, 0.15) is 5.41 Å². The molecule has 4 heteroatoms. The van der Waals surface area contributed by atoms with Crippen molar-refractivity contribution < 1.29 is 9.90 Å². The number of anilines is 2. The van der Waals surface area contributed by atoms with Crippen molar-refractivity contribution in [3.63, 3.8) is 0 Å². The van der Waals surface area contributed by atoms with Crippen LogP contribution >= 0.6 is 0 Å². The van der Waals surface area contributed by atoms with E-state index in [1.807, 2.05) is 31.2 Å². The van der Waals surface area contributed by atoms with Crippen LogP contribution in [0.3, 0.4) is 0 Å². The van der Waals surface area contributed by atoms with Gasteiger partial charge in [-0.3, -0.25) is 4.79 Å². The van der Waals surface area contributed by atoms with Gasteiger partial charge < -0.3 is 14.9 Å². The molecule has 2 aliphatic carbocycles. The van der Waals surface area contributed by atoms with Gasteiger partial charge in [0.2, 0.25) is 0 Å². The van der Waals surface area contributed by atoms with Crippen LogP contribution in [0.1, 0.15) is 82.3 Å². The Morgan fingerprint density at radius 3 is 1.33 bits per heavy atom. The van der Waals surface area contributed by atoms with Crippen LogP contribution < -0.4 is 9.80 Å². The summed E-state index contributed by atoms with van der Waals surface area (Å²) in [5, 5.41) is 10.3. The quantitative estimate of drug-likeness (QED) is 0.517. The van der Waals surface area contributed by atoms with Gasteiger partial charge in [-0.15, -0.1) is 0 Å². The molecule has 178 valence electrons. The third-order valence-corrected chi connectivity index (χ3v) is 8.38. The molecule has 2 fully saturated rings. The van der Waals surface area contributed by atoms with Gasteiger partial charge in [0.25, 0.3) is 0 Å². The lowest BCUT2D eigenvalue weighted by Crippen LogP contribution is -2.35. The molecule has 0 amide bonds. The van der Waals surface area contributed by atoms with E-state index in [1.165, 1.54) is 75.6 Å². The van der Waals surface area contributed by atoms with E-state index in [0.29, 0.717) is 12.1 Å². The van der Waals surface area contributed by atoms with Gasteiger partial charge in [-0.1, -0.05) is 62.8 Å². The zero-order chi connectivity index (χ0) is 23.4. The minimum atomic E-state index is -1.08. The number of nitrogens with zero attached hydrogens (tertiary/aromatic N) is 2. The van der Waals surface area contributed by atoms with Crippen LogP contribution in [0.5, 0.6) is 0 Å². The lowest BCUT2D eigenvalue weighted by molar-refractivity contribution is -0.141. The maximum atomic E-state index is 12.5. The minimum Gasteiger partial charge on any atom is -0.480 e. The van der Waals surface area contributed by atoms with Crippen molar-refractivity contribution >= 4 is 17.3 Å². The molecule has 4 nitrogen and oxygen atoms in total. The lowest BCUT2D eigenvalue weighted by Gasteiger charge is -2.34. The first-order valence-corrected chi connectivity index (χ1v) is 12.8. The van der Waals surface area contributed by atoms with Gasteiger partial charge in [-0.2, -0.15) is 0 Å². The van der Waals surface area contributed by atoms with Crippen molar-refractivity contribution in [2.75, 3.05) is 23.9 Å². The first kappa shape index (κ1) is 23.7. The molecule has 33 heavy (non-hydrogen) atoms. The van der Waals surface area contributed by atoms with Crippen molar-refractivity contribution in [1.82, 2.24) is 0 Å². The van der Waals surface area contributed by atoms with Gasteiger partial charge in [-0.25, -0.2) is 0 Å². The predicted molar refractivity (Wildman–Crippen MR) is 138 cm³/mol. The molecule has 0 aromatic heterocycles. The zero-order valence-corrected chi connectivity index (χ0v) is 20.6. The van der Waals surface area contributed by atoms with Crippen LogP contribution in [0.15, 0.2) is 48.5 Å². The highest BCUT2D eigenvalue weighted by atomic mass is 16.4. The van der Waals surface area contributed by atoms with Crippen LogP contribution in [0.25, 0.3) is 0 Å². The van der Waals surface area contributed by atoms with E-state index in [-0.39, 0.29) is 0 Å². The van der Waals surface area contributed by atoms with Crippen LogP contribution in [-0.2, 0) is 10.2 Å². The zero-order valence-electron chi connectivity index (χ0n) is 20.6. The molecule has 0 spiro atoms. The Morgan fingerprint density at radius 1 is 0.697 bits per heavy atom. The molecule has 0 atom stereocenters. The third-order valence-electron chi connectivity index (χ3n) is 8.38. The second kappa shape index (κ2) is 10.2. The van der Waals surface area contributed by atoms with E-state index in [4.69, 9.17) is 0 Å². The van der Waals surface area contributed by atoms with Gasteiger partial charge in [-0.05, 0) is 68.0 Å². The summed E-state index contributed by atoms with van der Waals surface area (Å²) in [6.45, 7) is 1.83. The first-order chi connectivity index (χ1) is 15.9. The van der Waals surface area contributed by atoms with Crippen LogP contribution in [-0.4, -0.2) is 37.3 Å². The summed E-state index contributed by atoms with van der Waals surface area (Å²) in [4.78, 5) is 17.3. The summed E-state index contributed by atoms with van der Waals surface area (Å²) in [6.07, 6.45) is 12.9. The predicted octanol–water partition coefficient (Wildman–Crippen LogP) is 6.62. The average molecular weight is 449 g/mol. The fourth-order valence-electron chi connectivity index (χ4n) is 5.83. The number of aliphatic carboxylic acids is 1. The number of hydrogen-bond donors (Lipinski definition) is 1. The maximum Gasteiger partial charge on any atom is 0.318 e. The van der Waals surface area contributed by atoms with E-state index >= 15 is 0 Å². The van der Waals surface area contributed by atoms with E-state index in [0.717, 1.165) is 11.1 Å². The normalized spacial score (nSPS) is 18.2. The lowest BCUT2D eigenvalue weighted by atomic mass is 9.76. The van der Waals surface area contributed by atoms with E-state index in [1.54, 1.807) is 0 Å². The molecule has 2 saturated carbocycles. The Balaban J connectivity index is 1.54. The highest BCUT2D eigenvalue weighted by molar-refractivity contribution is 5.86. The average Bonchev–Trinajstić information content (AvgIpc) is 2.88. The van der Waals surface area contributed by atoms with Crippen LogP contribution in [0, 0.1) is 0 Å². The fourth-order valence-corrected chi connectivity index (χ4v) is 5.83. The topological polar surface area (TPSA) is 43.8 Å². The molecule has 2 aromatic rings. The Morgan fingerprint density at radius 2 is 1.03 bits per heavy atom. The molecule has 2 aliphatic rings. The van der Waals surface area contributed by atoms with E-state index in [2.05, 4.69) is 48.2 Å². The smallest absolute Gasteiger partial charge is 0.318 e. The number of rotatable bonds is 7. The summed E-state index contributed by atoms with van der Waals surface area (Å²) in [5.74, 6) is -0.815. The standard InChI is InChI=1S/C29H40N2O2/c1-29(28(32)33,22-14-18-26(19-15-22)30(2)24-10-6-4-7-11-24)23-16-20-27(21-17-23)31(3)25-12-8-5-9-13-25/h14-21,24-25H,4-13H2,1-3H3,(H,32,33). The number of carbonyl (C=O) groups is 1. The summed E-state index contributed by atoms with van der Waals surface area (Å²) in [7, 11) is 4.34. The van der Waals surface area contributed by atoms with Gasteiger partial charge >= 0.3 is 5.97 Å². The molecule has 0 unspecified atom stereocenters. The highest BCUT2D eigenvalue weighted by Crippen LogP contribution is 2.36. The molecular weight excluding hydrogens is 408 g/mol. The SMILES string of the molecule is CN(c1ccc(C(C)(C(=O)O)c2ccc(N(C)C3CCCCC3)cc2)cc1)C1CCCCC1. The van der Waals surface area contributed by atoms with Crippen molar-refractivity contribution in [1.29, 1.82) is 0 Å². The molecule has 0 aliphatic heterocycles. The molecule has 0 saturated heterocycles. The fraction of sp³-hybridized carbons (Fsp3) is 0.552. The molecular formula is C29H40N2O2. The van der Waals surface area contributed by atoms with Gasteiger partial charge in [0, 0.05) is 37.6 Å². The number of benzene rings is 2. The number of carboxylic acid groups (broad SMARTS) is 1. The highest BCUT2D eigenvalue weighted by Gasteiger charge is 2.37. The van der Waals surface area contributed by atoms with Crippen molar-refractivity contribution in [2.24, 2.45) is 0 Å². The summed E-state index contributed by atoms with van der Waals surface area (Å²) < 4.78 is 0. The second-order valence-electron chi connectivity index (χ2n) is 10.3. The monoisotopic (exact) mass is 448 g/mol. The molecule has 0 radical (unpaired) electrons. The Labute approximate surface area is 199 Å².